The summed E-state index contributed by atoms with van der Waals surface area (Å²) in [6.45, 7) is 12.6. The number of quaternary nitrogens is 1. The number of halogens is 1. The molecule has 0 radical (unpaired) electrons. The lowest BCUT2D eigenvalue weighted by molar-refractivity contribution is -0.890. The second-order valence-electron chi connectivity index (χ2n) is 11.6. The summed E-state index contributed by atoms with van der Waals surface area (Å²) in [7, 11) is 4.91. The largest absolute Gasteiger partial charge is 1.00 e. The van der Waals surface area contributed by atoms with Gasteiger partial charge in [0, 0.05) is 0 Å². The van der Waals surface area contributed by atoms with Crippen LogP contribution in [0.15, 0.2) is 12.7 Å². The molecule has 0 unspecified atom stereocenters. The summed E-state index contributed by atoms with van der Waals surface area (Å²) in [5, 5.41) is 0. The third kappa shape index (κ3) is 38.9. The van der Waals surface area contributed by atoms with Crippen molar-refractivity contribution in [2.45, 2.75) is 175 Å². The topological polar surface area (TPSA) is 0 Å². The van der Waals surface area contributed by atoms with Crippen LogP contribution in [0.2, 0.25) is 0 Å². The monoisotopic (exact) mass is 559 g/mol. The molecule has 0 heterocycles. The van der Waals surface area contributed by atoms with Crippen molar-refractivity contribution in [1.82, 2.24) is 0 Å². The van der Waals surface area contributed by atoms with Crippen LogP contribution in [0.1, 0.15) is 175 Å². The van der Waals surface area contributed by atoms with E-state index in [1.54, 1.807) is 6.08 Å². The zero-order chi connectivity index (χ0) is 25.6. The Labute approximate surface area is 235 Å². The van der Waals surface area contributed by atoms with E-state index >= 15 is 0 Å². The van der Waals surface area contributed by atoms with Crippen LogP contribution in [0.4, 0.5) is 0 Å². The molecule has 0 spiro atoms. The molecule has 0 saturated heterocycles. The second-order valence-corrected chi connectivity index (χ2v) is 11.6. The fourth-order valence-corrected chi connectivity index (χ4v) is 4.87. The van der Waals surface area contributed by atoms with Gasteiger partial charge in [-0.3, -0.25) is 0 Å². The number of rotatable bonds is 26. The molecule has 214 valence electrons. The summed E-state index contributed by atoms with van der Waals surface area (Å²) in [5.41, 5.74) is 0. The highest BCUT2D eigenvalue weighted by molar-refractivity contribution is 4.52. The van der Waals surface area contributed by atoms with E-state index < -0.39 is 0 Å². The molecule has 0 rings (SSSR count). The molecule has 35 heavy (non-hydrogen) atoms. The van der Waals surface area contributed by atoms with E-state index in [2.05, 4.69) is 34.5 Å². The first-order valence-corrected chi connectivity index (χ1v) is 15.9. The predicted octanol–water partition coefficient (Wildman–Crippen LogP) is 8.66. The Kier molecular flexibility index (Phi) is 38.8. The van der Waals surface area contributed by atoms with Gasteiger partial charge in [-0.1, -0.05) is 148 Å². The quantitative estimate of drug-likeness (QED) is 0.0564. The minimum atomic E-state index is 0. The highest BCUT2D eigenvalue weighted by Crippen LogP contribution is 2.15. The molecule has 0 aromatic carbocycles. The van der Waals surface area contributed by atoms with Crippen molar-refractivity contribution in [2.24, 2.45) is 0 Å². The first kappa shape index (κ1) is 39.7. The molecule has 1 nitrogen and oxygen atoms in total. The SMILES string of the molecule is C=CC.CCCCCCCCCCCCCC[N+](C)(C)CCCCCCCCCCCCCC.[Br-]. The third-order valence-corrected chi connectivity index (χ3v) is 7.23. The van der Waals surface area contributed by atoms with Gasteiger partial charge in [0.05, 0.1) is 27.2 Å². The maximum absolute atomic E-state index is 3.36. The molecule has 0 fully saturated rings. The van der Waals surface area contributed by atoms with Gasteiger partial charge >= 0.3 is 0 Å². The fraction of sp³-hybridized carbons (Fsp3) is 0.939. The Morgan fingerprint density at radius 1 is 0.429 bits per heavy atom. The molecule has 0 aromatic heterocycles. The molecule has 0 aliphatic carbocycles. The first-order chi connectivity index (χ1) is 16.5. The molecule has 0 atom stereocenters. The Balaban J connectivity index is -0.00000242. The predicted molar refractivity (Wildman–Crippen MR) is 160 cm³/mol. The van der Waals surface area contributed by atoms with Crippen molar-refractivity contribution in [2.75, 3.05) is 27.2 Å². The zero-order valence-corrected chi connectivity index (χ0v) is 27.1. The van der Waals surface area contributed by atoms with Crippen molar-refractivity contribution in [3.8, 4) is 0 Å². The van der Waals surface area contributed by atoms with Crippen LogP contribution in [0, 0.1) is 0 Å². The highest BCUT2D eigenvalue weighted by Gasteiger charge is 2.13. The Morgan fingerprint density at radius 2 is 0.600 bits per heavy atom. The summed E-state index contributed by atoms with van der Waals surface area (Å²) in [5.74, 6) is 0. The lowest BCUT2D eigenvalue weighted by Crippen LogP contribution is -3.00. The van der Waals surface area contributed by atoms with Gasteiger partial charge in [0.15, 0.2) is 0 Å². The Hall–Kier alpha value is 0.180. The van der Waals surface area contributed by atoms with Crippen LogP contribution < -0.4 is 17.0 Å². The average molecular weight is 561 g/mol. The summed E-state index contributed by atoms with van der Waals surface area (Å²) >= 11 is 0. The van der Waals surface area contributed by atoms with Crippen LogP contribution >= 0.6 is 0 Å². The third-order valence-electron chi connectivity index (χ3n) is 7.23. The molecule has 0 saturated carbocycles. The number of nitrogens with zero attached hydrogens (tertiary/aromatic N) is 1. The van der Waals surface area contributed by atoms with Crippen LogP contribution in [0.25, 0.3) is 0 Å². The number of allylic oxidation sites excluding steroid dienone is 1. The van der Waals surface area contributed by atoms with Gasteiger partial charge < -0.3 is 21.5 Å². The molecular weight excluding hydrogens is 490 g/mol. The molecular formula is C33H70BrN. The lowest BCUT2D eigenvalue weighted by Gasteiger charge is -2.30. The molecule has 0 amide bonds. The summed E-state index contributed by atoms with van der Waals surface area (Å²) in [6.07, 6.45) is 36.7. The van der Waals surface area contributed by atoms with Crippen LogP contribution in [0.3, 0.4) is 0 Å². The molecule has 2 heteroatoms. The normalized spacial score (nSPS) is 11.0. The van der Waals surface area contributed by atoms with Crippen LogP contribution in [-0.2, 0) is 0 Å². The van der Waals surface area contributed by atoms with Crippen molar-refractivity contribution in [1.29, 1.82) is 0 Å². The molecule has 0 N–H and O–H groups in total. The second kappa shape index (κ2) is 34.2. The van der Waals surface area contributed by atoms with E-state index in [0.717, 1.165) is 0 Å². The highest BCUT2D eigenvalue weighted by atomic mass is 79.9. The fourth-order valence-electron chi connectivity index (χ4n) is 4.87. The summed E-state index contributed by atoms with van der Waals surface area (Å²) < 4.78 is 1.25. The molecule has 0 aliphatic rings. The first-order valence-electron chi connectivity index (χ1n) is 15.9. The van der Waals surface area contributed by atoms with Crippen molar-refractivity contribution >= 4 is 0 Å². The molecule has 0 aliphatic heterocycles. The van der Waals surface area contributed by atoms with Crippen molar-refractivity contribution in [3.63, 3.8) is 0 Å². The van der Waals surface area contributed by atoms with E-state index in [4.69, 9.17) is 0 Å². The number of unbranched alkanes of at least 4 members (excludes halogenated alkanes) is 22. The summed E-state index contributed by atoms with van der Waals surface area (Å²) in [4.78, 5) is 0. The van der Waals surface area contributed by atoms with Crippen LogP contribution in [-0.4, -0.2) is 31.7 Å². The van der Waals surface area contributed by atoms with Crippen molar-refractivity contribution in [3.05, 3.63) is 12.7 Å². The van der Waals surface area contributed by atoms with Gasteiger partial charge in [-0.25, -0.2) is 0 Å². The maximum atomic E-state index is 3.36. The maximum Gasteiger partial charge on any atom is 0.0782 e. The molecule has 0 aromatic rings. The minimum absolute atomic E-state index is 0. The van der Waals surface area contributed by atoms with Crippen molar-refractivity contribution < 1.29 is 21.5 Å². The minimum Gasteiger partial charge on any atom is -1.00 e. The van der Waals surface area contributed by atoms with Gasteiger partial charge in [0.1, 0.15) is 0 Å². The van der Waals surface area contributed by atoms with Gasteiger partial charge in [-0.2, -0.15) is 0 Å². The van der Waals surface area contributed by atoms with Gasteiger partial charge in [-0.15, -0.1) is 6.58 Å². The Morgan fingerprint density at radius 3 is 0.800 bits per heavy atom. The van der Waals surface area contributed by atoms with Crippen LogP contribution in [0.5, 0.6) is 0 Å². The van der Waals surface area contributed by atoms with Gasteiger partial charge in [0.2, 0.25) is 0 Å². The van der Waals surface area contributed by atoms with E-state index in [9.17, 15) is 0 Å². The van der Waals surface area contributed by atoms with E-state index in [-0.39, 0.29) is 17.0 Å². The smallest absolute Gasteiger partial charge is 0.0782 e. The van der Waals surface area contributed by atoms with E-state index in [1.165, 1.54) is 172 Å². The number of hydrogen-bond donors (Lipinski definition) is 0. The zero-order valence-electron chi connectivity index (χ0n) is 25.5. The number of hydrogen-bond acceptors (Lipinski definition) is 0. The van der Waals surface area contributed by atoms with Gasteiger partial charge in [-0.05, 0) is 32.6 Å². The standard InChI is InChI=1S/C30H64N.C3H6.BrH/c1-5-7-9-11-13-15-17-19-21-23-25-27-29-31(3,4)30-28-26-24-22-20-18-16-14-12-10-8-6-2;1-3-2;/h5-30H2,1-4H3;3H,1H2,2H3;1H/q+1;;/p-1. The van der Waals surface area contributed by atoms with E-state index in [0.29, 0.717) is 0 Å². The lowest BCUT2D eigenvalue weighted by atomic mass is 10.0. The summed E-state index contributed by atoms with van der Waals surface area (Å²) in [6, 6.07) is 0. The molecule has 0 bridgehead atoms. The Bertz CT molecular complexity index is 336. The van der Waals surface area contributed by atoms with E-state index in [1.807, 2.05) is 6.92 Å². The average Bonchev–Trinajstić information content (AvgIpc) is 2.81. The van der Waals surface area contributed by atoms with Gasteiger partial charge in [0.25, 0.3) is 0 Å².